The molecule has 0 fully saturated rings. The molecule has 2 nitrogen and oxygen atoms in total. The van der Waals surface area contributed by atoms with Crippen LogP contribution in [0.25, 0.3) is 0 Å². The van der Waals surface area contributed by atoms with Gasteiger partial charge in [-0.05, 0) is 42.2 Å². The second-order valence-corrected chi connectivity index (χ2v) is 5.89. The van der Waals surface area contributed by atoms with Crippen LogP contribution >= 0.6 is 15.9 Å². The van der Waals surface area contributed by atoms with E-state index < -0.39 is 5.82 Å². The van der Waals surface area contributed by atoms with Crippen LogP contribution in [0.15, 0.2) is 46.9 Å². The minimum absolute atomic E-state index is 0.0444. The molecule has 0 radical (unpaired) electrons. The van der Waals surface area contributed by atoms with Crippen LogP contribution in [0.3, 0.4) is 0 Å². The van der Waals surface area contributed by atoms with Crippen molar-refractivity contribution in [3.63, 3.8) is 0 Å². The second-order valence-electron chi connectivity index (χ2n) is 4.97. The van der Waals surface area contributed by atoms with Crippen molar-refractivity contribution >= 4 is 21.8 Å². The first-order chi connectivity index (χ1) is 9.63. The number of benzene rings is 2. The number of carbonyl (C=O) groups excluding carboxylic acids is 1. The molecule has 3 rings (SSSR count). The molecule has 0 spiro atoms. The Bertz CT molecular complexity index is 646. The molecule has 1 amide bonds. The Morgan fingerprint density at radius 1 is 1.15 bits per heavy atom. The molecule has 2 aromatic rings. The summed E-state index contributed by atoms with van der Waals surface area (Å²) in [5, 5.41) is 2.91. The van der Waals surface area contributed by atoms with Crippen molar-refractivity contribution in [2.45, 2.75) is 18.9 Å². The lowest BCUT2D eigenvalue weighted by Gasteiger charge is -2.12. The zero-order valence-corrected chi connectivity index (χ0v) is 12.3. The van der Waals surface area contributed by atoms with E-state index in [4.69, 9.17) is 0 Å². The number of hydrogen-bond acceptors (Lipinski definition) is 1. The molecule has 0 bridgehead atoms. The van der Waals surface area contributed by atoms with Gasteiger partial charge in [-0.15, -0.1) is 0 Å². The predicted octanol–water partition coefficient (Wildman–Crippen LogP) is 3.49. The number of carbonyl (C=O) groups is 1. The summed E-state index contributed by atoms with van der Waals surface area (Å²) >= 11 is 3.18. The van der Waals surface area contributed by atoms with Crippen LogP contribution in [-0.4, -0.2) is 11.9 Å². The van der Waals surface area contributed by atoms with Gasteiger partial charge in [0.05, 0.1) is 5.56 Å². The first-order valence-electron chi connectivity index (χ1n) is 6.46. The zero-order chi connectivity index (χ0) is 14.1. The number of nitrogens with one attached hydrogen (secondary N) is 1. The highest BCUT2D eigenvalue weighted by Gasteiger charge is 2.23. The van der Waals surface area contributed by atoms with Crippen molar-refractivity contribution in [1.82, 2.24) is 5.32 Å². The molecular formula is C16H13BrFNO. The van der Waals surface area contributed by atoms with Gasteiger partial charge in [0.1, 0.15) is 5.82 Å². The summed E-state index contributed by atoms with van der Waals surface area (Å²) in [6.45, 7) is 0. The lowest BCUT2D eigenvalue weighted by atomic mass is 10.1. The summed E-state index contributed by atoms with van der Waals surface area (Å²) in [7, 11) is 0. The SMILES string of the molecule is O=C(NC1Cc2ccccc2C1)c1ccc(Br)cc1F. The van der Waals surface area contributed by atoms with E-state index in [2.05, 4.69) is 33.4 Å². The van der Waals surface area contributed by atoms with Crippen LogP contribution in [0.1, 0.15) is 21.5 Å². The van der Waals surface area contributed by atoms with Gasteiger partial charge >= 0.3 is 0 Å². The number of hydrogen-bond donors (Lipinski definition) is 1. The molecule has 1 N–H and O–H groups in total. The molecule has 0 saturated heterocycles. The number of rotatable bonds is 2. The molecule has 4 heteroatoms. The van der Waals surface area contributed by atoms with E-state index in [1.165, 1.54) is 23.3 Å². The molecule has 0 aromatic heterocycles. The predicted molar refractivity (Wildman–Crippen MR) is 79.2 cm³/mol. The Morgan fingerprint density at radius 3 is 2.40 bits per heavy atom. The molecule has 1 aliphatic carbocycles. The van der Waals surface area contributed by atoms with E-state index in [1.807, 2.05) is 12.1 Å². The summed E-state index contributed by atoms with van der Waals surface area (Å²) in [5.74, 6) is -0.861. The fourth-order valence-corrected chi connectivity index (χ4v) is 2.93. The first kappa shape index (κ1) is 13.3. The summed E-state index contributed by atoms with van der Waals surface area (Å²) in [5.41, 5.74) is 2.60. The maximum Gasteiger partial charge on any atom is 0.254 e. The normalized spacial score (nSPS) is 14.1. The minimum atomic E-state index is -0.507. The summed E-state index contributed by atoms with van der Waals surface area (Å²) in [4.78, 5) is 12.1. The Kier molecular flexibility index (Phi) is 3.57. The van der Waals surface area contributed by atoms with Crippen molar-refractivity contribution in [2.75, 3.05) is 0 Å². The minimum Gasteiger partial charge on any atom is -0.349 e. The average Bonchev–Trinajstić information content (AvgIpc) is 2.80. The smallest absolute Gasteiger partial charge is 0.254 e. The van der Waals surface area contributed by atoms with E-state index in [9.17, 15) is 9.18 Å². The number of amides is 1. The van der Waals surface area contributed by atoms with Gasteiger partial charge in [0.25, 0.3) is 5.91 Å². The van der Waals surface area contributed by atoms with E-state index in [-0.39, 0.29) is 17.5 Å². The summed E-state index contributed by atoms with van der Waals surface area (Å²) in [6, 6.07) is 12.7. The lowest BCUT2D eigenvalue weighted by molar-refractivity contribution is 0.0934. The van der Waals surface area contributed by atoms with Crippen molar-refractivity contribution in [2.24, 2.45) is 0 Å². The molecule has 20 heavy (non-hydrogen) atoms. The molecule has 0 aliphatic heterocycles. The fourth-order valence-electron chi connectivity index (χ4n) is 2.60. The fraction of sp³-hybridized carbons (Fsp3) is 0.188. The Balaban J connectivity index is 1.72. The van der Waals surface area contributed by atoms with Gasteiger partial charge in [-0.25, -0.2) is 4.39 Å². The van der Waals surface area contributed by atoms with Crippen molar-refractivity contribution in [3.8, 4) is 0 Å². The van der Waals surface area contributed by atoms with Crippen molar-refractivity contribution < 1.29 is 9.18 Å². The molecule has 102 valence electrons. The van der Waals surface area contributed by atoms with Crippen molar-refractivity contribution in [3.05, 3.63) is 69.4 Å². The third kappa shape index (κ3) is 2.61. The molecule has 0 heterocycles. The Hall–Kier alpha value is -1.68. The highest BCUT2D eigenvalue weighted by molar-refractivity contribution is 9.10. The quantitative estimate of drug-likeness (QED) is 0.895. The maximum absolute atomic E-state index is 13.7. The van der Waals surface area contributed by atoms with Crippen LogP contribution in [0.4, 0.5) is 4.39 Å². The third-order valence-corrected chi connectivity index (χ3v) is 4.06. The average molecular weight is 334 g/mol. The van der Waals surface area contributed by atoms with E-state index in [0.717, 1.165) is 12.8 Å². The largest absolute Gasteiger partial charge is 0.349 e. The summed E-state index contributed by atoms with van der Waals surface area (Å²) in [6.07, 6.45) is 1.61. The topological polar surface area (TPSA) is 29.1 Å². The highest BCUT2D eigenvalue weighted by atomic mass is 79.9. The molecule has 0 saturated carbocycles. The van der Waals surface area contributed by atoms with Crippen LogP contribution in [0.2, 0.25) is 0 Å². The first-order valence-corrected chi connectivity index (χ1v) is 7.25. The molecular weight excluding hydrogens is 321 g/mol. The van der Waals surface area contributed by atoms with Gasteiger partial charge in [0, 0.05) is 10.5 Å². The standard InChI is InChI=1S/C16H13BrFNO/c17-12-5-6-14(15(18)9-12)16(20)19-13-7-10-3-1-2-4-11(10)8-13/h1-6,9,13H,7-8H2,(H,19,20). The third-order valence-electron chi connectivity index (χ3n) is 3.56. The van der Waals surface area contributed by atoms with E-state index in [0.29, 0.717) is 4.47 Å². The van der Waals surface area contributed by atoms with E-state index >= 15 is 0 Å². The summed E-state index contributed by atoms with van der Waals surface area (Å²) < 4.78 is 14.4. The monoisotopic (exact) mass is 333 g/mol. The van der Waals surface area contributed by atoms with Gasteiger partial charge in [0.15, 0.2) is 0 Å². The van der Waals surface area contributed by atoms with E-state index in [1.54, 1.807) is 6.07 Å². The number of fused-ring (bicyclic) bond motifs is 1. The molecule has 0 unspecified atom stereocenters. The van der Waals surface area contributed by atoms with Crippen LogP contribution in [0.5, 0.6) is 0 Å². The Labute approximate surface area is 125 Å². The van der Waals surface area contributed by atoms with Gasteiger partial charge in [-0.2, -0.15) is 0 Å². The number of halogens is 2. The molecule has 2 aromatic carbocycles. The molecule has 0 atom stereocenters. The van der Waals surface area contributed by atoms with Crippen LogP contribution < -0.4 is 5.32 Å². The van der Waals surface area contributed by atoms with Gasteiger partial charge in [-0.1, -0.05) is 40.2 Å². The lowest BCUT2D eigenvalue weighted by Crippen LogP contribution is -2.35. The van der Waals surface area contributed by atoms with Gasteiger partial charge < -0.3 is 5.32 Å². The van der Waals surface area contributed by atoms with Crippen molar-refractivity contribution in [1.29, 1.82) is 0 Å². The van der Waals surface area contributed by atoms with Gasteiger partial charge in [0.2, 0.25) is 0 Å². The van der Waals surface area contributed by atoms with Crippen LogP contribution in [-0.2, 0) is 12.8 Å². The van der Waals surface area contributed by atoms with Crippen LogP contribution in [0, 0.1) is 5.82 Å². The maximum atomic E-state index is 13.7. The van der Waals surface area contributed by atoms with Gasteiger partial charge in [-0.3, -0.25) is 4.79 Å². The highest BCUT2D eigenvalue weighted by Crippen LogP contribution is 2.22. The molecule has 1 aliphatic rings. The zero-order valence-electron chi connectivity index (χ0n) is 10.7. The second kappa shape index (κ2) is 5.37. The Morgan fingerprint density at radius 2 is 1.80 bits per heavy atom.